The number of rotatable bonds is 6. The van der Waals surface area contributed by atoms with E-state index in [1.807, 2.05) is 53.2 Å². The summed E-state index contributed by atoms with van der Waals surface area (Å²) < 4.78 is 39.3. The molecule has 5 aromatic rings. The molecule has 2 N–H and O–H groups in total. The van der Waals surface area contributed by atoms with Crippen molar-refractivity contribution in [3.63, 3.8) is 0 Å². The molecule has 254 valence electrons. The summed E-state index contributed by atoms with van der Waals surface area (Å²) in [7, 11) is 0. The summed E-state index contributed by atoms with van der Waals surface area (Å²) in [6.45, 7) is 4.47. The van der Waals surface area contributed by atoms with E-state index in [2.05, 4.69) is 46.2 Å². The van der Waals surface area contributed by atoms with E-state index in [-0.39, 0.29) is 5.92 Å². The first-order valence-corrected chi connectivity index (χ1v) is 15.7. The number of carboxylic acids is 2. The summed E-state index contributed by atoms with van der Waals surface area (Å²) >= 11 is 0. The van der Waals surface area contributed by atoms with E-state index < -0.39 is 18.1 Å². The summed E-state index contributed by atoms with van der Waals surface area (Å²) in [4.78, 5) is 34.8. The van der Waals surface area contributed by atoms with Crippen molar-refractivity contribution in [1.29, 1.82) is 0 Å². The van der Waals surface area contributed by atoms with Crippen molar-refractivity contribution in [1.82, 2.24) is 19.6 Å². The SMILES string of the molecule is O=C(O)C(F)(F)F.O=C(O)C1CCN(c2ccc(-c3c(C=Cc4ccc5ccccc5n4)nc4c(N5CCOCC5)ccnn34)cc2)CC1. The Hall–Kier alpha value is -5.50. The monoisotopic (exact) mass is 674 g/mol. The second-order valence-electron chi connectivity index (χ2n) is 11.6. The number of aromatic nitrogens is 4. The van der Waals surface area contributed by atoms with Crippen molar-refractivity contribution in [3.8, 4) is 11.3 Å². The lowest BCUT2D eigenvalue weighted by molar-refractivity contribution is -0.192. The number of benzene rings is 2. The fourth-order valence-electron chi connectivity index (χ4n) is 5.94. The first-order valence-electron chi connectivity index (χ1n) is 15.7. The van der Waals surface area contributed by atoms with Crippen molar-refractivity contribution in [2.24, 2.45) is 5.92 Å². The summed E-state index contributed by atoms with van der Waals surface area (Å²) in [5.41, 5.74) is 7.48. The van der Waals surface area contributed by atoms with Crippen LogP contribution < -0.4 is 9.80 Å². The Morgan fingerprint density at radius 2 is 1.53 bits per heavy atom. The van der Waals surface area contributed by atoms with Gasteiger partial charge in [0.15, 0.2) is 5.65 Å². The molecule has 0 aliphatic carbocycles. The number of nitrogens with zero attached hydrogens (tertiary/aromatic N) is 6. The van der Waals surface area contributed by atoms with Crippen molar-refractivity contribution >= 4 is 52.0 Å². The third-order valence-corrected chi connectivity index (χ3v) is 8.50. The first kappa shape index (κ1) is 33.4. The third-order valence-electron chi connectivity index (χ3n) is 8.50. The second kappa shape index (κ2) is 14.3. The molecule has 11 nitrogen and oxygen atoms in total. The third kappa shape index (κ3) is 7.64. The maximum absolute atomic E-state index is 11.4. The van der Waals surface area contributed by atoms with Gasteiger partial charge in [-0.3, -0.25) is 4.79 Å². The van der Waals surface area contributed by atoms with Crippen LogP contribution in [-0.2, 0) is 14.3 Å². The molecule has 3 aromatic heterocycles. The zero-order chi connectivity index (χ0) is 34.5. The average Bonchev–Trinajstić information content (AvgIpc) is 3.49. The van der Waals surface area contributed by atoms with Crippen molar-refractivity contribution in [3.05, 3.63) is 84.3 Å². The molecule has 49 heavy (non-hydrogen) atoms. The molecule has 0 radical (unpaired) electrons. The molecule has 0 atom stereocenters. The lowest BCUT2D eigenvalue weighted by Crippen LogP contribution is -2.36. The maximum atomic E-state index is 11.4. The number of para-hydroxylation sites is 1. The maximum Gasteiger partial charge on any atom is 0.490 e. The molecule has 0 spiro atoms. The van der Waals surface area contributed by atoms with E-state index in [4.69, 9.17) is 29.7 Å². The number of pyridine rings is 1. The van der Waals surface area contributed by atoms with Gasteiger partial charge in [-0.25, -0.2) is 19.3 Å². The van der Waals surface area contributed by atoms with E-state index >= 15 is 0 Å². The number of halogens is 3. The number of piperidine rings is 1. The van der Waals surface area contributed by atoms with Gasteiger partial charge in [-0.2, -0.15) is 18.3 Å². The first-order chi connectivity index (χ1) is 23.6. The van der Waals surface area contributed by atoms with Gasteiger partial charge in [0.1, 0.15) is 5.69 Å². The molecular formula is C35H33F3N6O5. The fourth-order valence-corrected chi connectivity index (χ4v) is 5.94. The molecule has 0 bridgehead atoms. The highest BCUT2D eigenvalue weighted by Gasteiger charge is 2.38. The number of alkyl halides is 3. The molecule has 0 amide bonds. The minimum absolute atomic E-state index is 0.253. The van der Waals surface area contributed by atoms with Crippen LogP contribution in [0.25, 0.3) is 40.0 Å². The van der Waals surface area contributed by atoms with E-state index in [1.165, 1.54) is 0 Å². The van der Waals surface area contributed by atoms with Gasteiger partial charge in [0.2, 0.25) is 0 Å². The van der Waals surface area contributed by atoms with E-state index in [0.717, 1.165) is 76.7 Å². The highest BCUT2D eigenvalue weighted by atomic mass is 19.4. The standard InChI is InChI=1S/C33H32N6O3.C2HF3O2/c40-33(41)25-14-17-37(18-15-25)27-10-6-24(7-11-27)31-29(12-9-26-8-5-23-3-1-2-4-28(23)35-26)36-32-30(13-16-34-39(31)32)38-19-21-42-22-20-38;3-2(4,5)1(6)7/h1-13,16,25H,14-15,17-22H2,(H,40,41);(H,6,7). The number of anilines is 2. The van der Waals surface area contributed by atoms with Crippen LogP contribution in [0.1, 0.15) is 24.2 Å². The molecule has 0 saturated carbocycles. The number of hydrogen-bond donors (Lipinski definition) is 2. The Morgan fingerprint density at radius 1 is 0.837 bits per heavy atom. The minimum atomic E-state index is -5.08. The number of carbonyl (C=O) groups is 2. The van der Waals surface area contributed by atoms with E-state index in [0.29, 0.717) is 26.1 Å². The van der Waals surface area contributed by atoms with Crippen LogP contribution in [0, 0.1) is 5.92 Å². The van der Waals surface area contributed by atoms with Crippen LogP contribution in [-0.4, -0.2) is 87.3 Å². The number of aliphatic carboxylic acids is 2. The summed E-state index contributed by atoms with van der Waals surface area (Å²) in [6, 6.07) is 22.7. The molecule has 7 rings (SSSR count). The fraction of sp³-hybridized carbons (Fsp3) is 0.286. The predicted molar refractivity (Wildman–Crippen MR) is 178 cm³/mol. The lowest BCUT2D eigenvalue weighted by atomic mass is 9.96. The Bertz CT molecular complexity index is 1980. The summed E-state index contributed by atoms with van der Waals surface area (Å²) in [5, 5.41) is 22.3. The number of ether oxygens (including phenoxy) is 1. The largest absolute Gasteiger partial charge is 0.490 e. The molecule has 2 saturated heterocycles. The minimum Gasteiger partial charge on any atom is -0.481 e. The number of carboxylic acid groups (broad SMARTS) is 2. The van der Waals surface area contributed by atoms with Crippen LogP contribution in [0.4, 0.5) is 24.5 Å². The Morgan fingerprint density at radius 3 is 2.20 bits per heavy atom. The Balaban J connectivity index is 0.000000540. The van der Waals surface area contributed by atoms with Crippen LogP contribution in [0.15, 0.2) is 72.9 Å². The number of imidazole rings is 1. The molecule has 2 aromatic carbocycles. The Kier molecular flexibility index (Phi) is 9.76. The number of hydrogen-bond acceptors (Lipinski definition) is 8. The van der Waals surface area contributed by atoms with Gasteiger partial charge in [0.05, 0.1) is 47.9 Å². The lowest BCUT2D eigenvalue weighted by Gasteiger charge is -2.32. The molecule has 14 heteroatoms. The molecule has 2 aliphatic heterocycles. The van der Waals surface area contributed by atoms with E-state index in [1.54, 1.807) is 0 Å². The van der Waals surface area contributed by atoms with E-state index in [9.17, 15) is 23.1 Å². The van der Waals surface area contributed by atoms with Gasteiger partial charge >= 0.3 is 18.1 Å². The van der Waals surface area contributed by atoms with Crippen LogP contribution in [0.3, 0.4) is 0 Å². The zero-order valence-electron chi connectivity index (χ0n) is 26.3. The van der Waals surface area contributed by atoms with Gasteiger partial charge in [-0.05, 0) is 55.3 Å². The normalized spacial score (nSPS) is 15.8. The molecule has 5 heterocycles. The molecule has 2 aliphatic rings. The quantitative estimate of drug-likeness (QED) is 0.225. The van der Waals surface area contributed by atoms with Crippen LogP contribution in [0.2, 0.25) is 0 Å². The van der Waals surface area contributed by atoms with Gasteiger partial charge in [-0.15, -0.1) is 0 Å². The second-order valence-corrected chi connectivity index (χ2v) is 11.6. The van der Waals surface area contributed by atoms with Gasteiger partial charge in [0.25, 0.3) is 0 Å². The molecule has 2 fully saturated rings. The number of fused-ring (bicyclic) bond motifs is 2. The molecule has 0 unspecified atom stereocenters. The predicted octanol–water partition coefficient (Wildman–Crippen LogP) is 5.89. The van der Waals surface area contributed by atoms with Gasteiger partial charge < -0.3 is 24.7 Å². The summed E-state index contributed by atoms with van der Waals surface area (Å²) in [6.07, 6.45) is 2.11. The van der Waals surface area contributed by atoms with Crippen molar-refractivity contribution < 1.29 is 37.7 Å². The average molecular weight is 675 g/mol. The number of morpholine rings is 1. The van der Waals surface area contributed by atoms with Gasteiger partial charge in [0, 0.05) is 42.8 Å². The van der Waals surface area contributed by atoms with Gasteiger partial charge in [-0.1, -0.05) is 36.4 Å². The van der Waals surface area contributed by atoms with Crippen molar-refractivity contribution in [2.45, 2.75) is 19.0 Å². The zero-order valence-corrected chi connectivity index (χ0v) is 26.3. The highest BCUT2D eigenvalue weighted by molar-refractivity contribution is 5.85. The van der Waals surface area contributed by atoms with Crippen molar-refractivity contribution in [2.75, 3.05) is 49.2 Å². The Labute approximate surface area is 278 Å². The molecular weight excluding hydrogens is 641 g/mol. The van der Waals surface area contributed by atoms with Crippen LogP contribution in [0.5, 0.6) is 0 Å². The smallest absolute Gasteiger partial charge is 0.481 e. The topological polar surface area (TPSA) is 133 Å². The summed E-state index contributed by atoms with van der Waals surface area (Å²) in [5.74, 6) is -3.70. The van der Waals surface area contributed by atoms with Crippen LogP contribution >= 0.6 is 0 Å². The highest BCUT2D eigenvalue weighted by Crippen LogP contribution is 2.33.